The van der Waals surface area contributed by atoms with Gasteiger partial charge in [-0.25, -0.2) is 8.42 Å². The van der Waals surface area contributed by atoms with Gasteiger partial charge in [-0.2, -0.15) is 30.6 Å². The highest BCUT2D eigenvalue weighted by atomic mass is 32.2. The third-order valence-electron chi connectivity index (χ3n) is 7.10. The minimum atomic E-state index is -4.73. The fourth-order valence-corrected chi connectivity index (χ4v) is 6.90. The van der Waals surface area contributed by atoms with Crippen LogP contribution in [0.25, 0.3) is 5.69 Å². The van der Waals surface area contributed by atoms with Crippen LogP contribution >= 0.6 is 11.8 Å². The summed E-state index contributed by atoms with van der Waals surface area (Å²) < 4.78 is 114. The fourth-order valence-electron chi connectivity index (χ4n) is 4.72. The monoisotopic (exact) mass is 728 g/mol. The van der Waals surface area contributed by atoms with Gasteiger partial charge in [0.1, 0.15) is 0 Å². The SMILES string of the molecule is O=C(CSc1nnc(CNC(=O)c2ccc(S(=O)(=O)N3CCOCC3)cc2)n1-c1cccc(C(F)(F)F)c1)Nc1ccccc1C(F)(F)F. The van der Waals surface area contributed by atoms with Crippen LogP contribution in [0, 0.1) is 0 Å². The Balaban J connectivity index is 1.34. The van der Waals surface area contributed by atoms with Gasteiger partial charge in [0.2, 0.25) is 15.9 Å². The number of hydrogen-bond donors (Lipinski definition) is 2. The van der Waals surface area contributed by atoms with Crippen molar-refractivity contribution in [3.05, 3.63) is 95.3 Å². The smallest absolute Gasteiger partial charge is 0.379 e. The lowest BCUT2D eigenvalue weighted by atomic mass is 10.1. The molecule has 5 rings (SSSR count). The zero-order valence-electron chi connectivity index (χ0n) is 25.1. The number of amides is 2. The molecule has 1 saturated heterocycles. The lowest BCUT2D eigenvalue weighted by molar-refractivity contribution is -0.138. The van der Waals surface area contributed by atoms with E-state index < -0.39 is 56.8 Å². The average Bonchev–Trinajstić information content (AvgIpc) is 3.49. The summed E-state index contributed by atoms with van der Waals surface area (Å²) in [7, 11) is -3.81. The standard InChI is InChI=1S/C30H26F6N6O5S2/c31-29(32,33)20-4-3-5-21(16-20)42-25(39-40-28(42)48-18-26(43)38-24-7-2-1-6-23(24)30(34,35)36)17-37-27(44)19-8-10-22(11-9-19)49(45,46)41-12-14-47-15-13-41/h1-11,16H,12-15,17-18H2,(H,37,44)(H,38,43). The first-order chi connectivity index (χ1) is 23.1. The summed E-state index contributed by atoms with van der Waals surface area (Å²) in [6.45, 7) is 0.535. The van der Waals surface area contributed by atoms with Crippen LogP contribution in [0.5, 0.6) is 0 Å². The van der Waals surface area contributed by atoms with Gasteiger partial charge in [0, 0.05) is 18.7 Å². The summed E-state index contributed by atoms with van der Waals surface area (Å²) in [5.74, 6) is -2.04. The molecule has 4 aromatic rings. The highest BCUT2D eigenvalue weighted by molar-refractivity contribution is 7.99. The van der Waals surface area contributed by atoms with E-state index in [1.807, 2.05) is 0 Å². The number of carbonyl (C=O) groups excluding carboxylic acids is 2. The van der Waals surface area contributed by atoms with Crippen LogP contribution in [0.4, 0.5) is 32.0 Å². The van der Waals surface area contributed by atoms with Crippen LogP contribution < -0.4 is 10.6 Å². The van der Waals surface area contributed by atoms with Gasteiger partial charge < -0.3 is 15.4 Å². The van der Waals surface area contributed by atoms with Crippen molar-refractivity contribution in [3.8, 4) is 5.69 Å². The Bertz CT molecular complexity index is 1930. The first kappa shape index (κ1) is 35.8. The third kappa shape index (κ3) is 8.59. The van der Waals surface area contributed by atoms with Crippen LogP contribution in [0.3, 0.4) is 0 Å². The molecule has 260 valence electrons. The third-order valence-corrected chi connectivity index (χ3v) is 9.94. The quantitative estimate of drug-likeness (QED) is 0.173. The molecule has 2 amide bonds. The number of anilines is 1. The van der Waals surface area contributed by atoms with E-state index in [2.05, 4.69) is 20.8 Å². The minimum Gasteiger partial charge on any atom is -0.379 e. The van der Waals surface area contributed by atoms with Crippen molar-refractivity contribution in [2.45, 2.75) is 28.9 Å². The van der Waals surface area contributed by atoms with Gasteiger partial charge in [0.05, 0.1) is 52.9 Å². The Morgan fingerprint density at radius 3 is 2.24 bits per heavy atom. The molecule has 2 heterocycles. The van der Waals surface area contributed by atoms with Crippen LogP contribution in [0.2, 0.25) is 0 Å². The maximum absolute atomic E-state index is 13.6. The Kier molecular flexibility index (Phi) is 10.7. The van der Waals surface area contributed by atoms with E-state index in [9.17, 15) is 44.3 Å². The largest absolute Gasteiger partial charge is 0.418 e. The van der Waals surface area contributed by atoms with E-state index in [0.717, 1.165) is 36.4 Å². The van der Waals surface area contributed by atoms with Crippen molar-refractivity contribution < 1.29 is 49.1 Å². The number of halogens is 6. The van der Waals surface area contributed by atoms with Gasteiger partial charge in [-0.05, 0) is 54.6 Å². The van der Waals surface area contributed by atoms with Gasteiger partial charge in [0.15, 0.2) is 11.0 Å². The van der Waals surface area contributed by atoms with Crippen LogP contribution in [0.15, 0.2) is 82.8 Å². The number of aromatic nitrogens is 3. The van der Waals surface area contributed by atoms with Crippen molar-refractivity contribution in [3.63, 3.8) is 0 Å². The molecule has 1 aliphatic heterocycles. The maximum Gasteiger partial charge on any atom is 0.418 e. The summed E-state index contributed by atoms with van der Waals surface area (Å²) in [5.41, 5.74) is -2.52. The van der Waals surface area contributed by atoms with Crippen molar-refractivity contribution in [2.75, 3.05) is 37.4 Å². The van der Waals surface area contributed by atoms with E-state index in [1.165, 1.54) is 45.3 Å². The number of nitrogens with one attached hydrogen (secondary N) is 2. The number of alkyl halides is 6. The molecule has 0 spiro atoms. The minimum absolute atomic E-state index is 0.0252. The number of benzene rings is 3. The lowest BCUT2D eigenvalue weighted by Gasteiger charge is -2.26. The van der Waals surface area contributed by atoms with E-state index >= 15 is 0 Å². The maximum atomic E-state index is 13.6. The number of ether oxygens (including phenoxy) is 1. The van der Waals surface area contributed by atoms with Gasteiger partial charge in [-0.15, -0.1) is 10.2 Å². The number of morpholine rings is 1. The number of hydrogen-bond acceptors (Lipinski definition) is 8. The molecule has 1 fully saturated rings. The van der Waals surface area contributed by atoms with Gasteiger partial charge >= 0.3 is 12.4 Å². The summed E-state index contributed by atoms with van der Waals surface area (Å²) in [4.78, 5) is 25.6. The molecule has 49 heavy (non-hydrogen) atoms. The van der Waals surface area contributed by atoms with E-state index in [1.54, 1.807) is 0 Å². The van der Waals surface area contributed by atoms with Crippen LogP contribution in [-0.2, 0) is 38.5 Å². The predicted octanol–water partition coefficient (Wildman–Crippen LogP) is 4.99. The molecule has 0 saturated carbocycles. The molecule has 0 bridgehead atoms. The summed E-state index contributed by atoms with van der Waals surface area (Å²) >= 11 is 0.696. The first-order valence-electron chi connectivity index (χ1n) is 14.3. The van der Waals surface area contributed by atoms with Crippen molar-refractivity contribution in [2.24, 2.45) is 0 Å². The second-order valence-corrected chi connectivity index (χ2v) is 13.3. The van der Waals surface area contributed by atoms with Crippen molar-refractivity contribution in [1.82, 2.24) is 24.4 Å². The molecule has 0 radical (unpaired) electrons. The molecule has 11 nitrogen and oxygen atoms in total. The lowest BCUT2D eigenvalue weighted by Crippen LogP contribution is -2.40. The summed E-state index contributed by atoms with van der Waals surface area (Å²) in [6.07, 6.45) is -9.44. The van der Waals surface area contributed by atoms with Crippen LogP contribution in [-0.4, -0.2) is 71.4 Å². The molecule has 0 atom stereocenters. The Morgan fingerprint density at radius 1 is 0.878 bits per heavy atom. The predicted molar refractivity (Wildman–Crippen MR) is 164 cm³/mol. The van der Waals surface area contributed by atoms with Gasteiger partial charge in [-0.3, -0.25) is 14.2 Å². The molecule has 0 unspecified atom stereocenters. The Hall–Kier alpha value is -4.46. The average molecular weight is 729 g/mol. The van der Waals surface area contributed by atoms with Gasteiger partial charge in [0.25, 0.3) is 5.91 Å². The second-order valence-electron chi connectivity index (χ2n) is 10.4. The number of sulfonamides is 1. The zero-order chi connectivity index (χ0) is 35.4. The second kappa shape index (κ2) is 14.6. The Labute approximate surface area is 279 Å². The fraction of sp³-hybridized carbons (Fsp3) is 0.267. The number of nitrogens with zero attached hydrogens (tertiary/aromatic N) is 4. The number of para-hydroxylation sites is 1. The van der Waals surface area contributed by atoms with Crippen LogP contribution in [0.1, 0.15) is 27.3 Å². The zero-order valence-corrected chi connectivity index (χ0v) is 26.7. The van der Waals surface area contributed by atoms with Gasteiger partial charge in [-0.1, -0.05) is 30.0 Å². The Morgan fingerprint density at radius 2 is 1.57 bits per heavy atom. The highest BCUT2D eigenvalue weighted by Crippen LogP contribution is 2.35. The first-order valence-corrected chi connectivity index (χ1v) is 16.7. The summed E-state index contributed by atoms with van der Waals surface area (Å²) in [6, 6.07) is 13.6. The summed E-state index contributed by atoms with van der Waals surface area (Å²) in [5, 5.41) is 12.6. The highest BCUT2D eigenvalue weighted by Gasteiger charge is 2.34. The molecule has 1 aliphatic rings. The molecule has 2 N–H and O–H groups in total. The normalized spacial score (nSPS) is 14.4. The number of thioether (sulfide) groups is 1. The molecule has 19 heteroatoms. The molecule has 3 aromatic carbocycles. The van der Waals surface area contributed by atoms with E-state index in [0.29, 0.717) is 11.8 Å². The molecular formula is C30H26F6N6O5S2. The topological polar surface area (TPSA) is 136 Å². The molecule has 0 aliphatic carbocycles. The van der Waals surface area contributed by atoms with E-state index in [4.69, 9.17) is 4.74 Å². The molecular weight excluding hydrogens is 702 g/mol. The number of rotatable bonds is 10. The number of carbonyl (C=O) groups is 2. The van der Waals surface area contributed by atoms with Crippen molar-refractivity contribution in [1.29, 1.82) is 0 Å². The molecule has 1 aromatic heterocycles. The van der Waals surface area contributed by atoms with Crippen molar-refractivity contribution >= 4 is 39.3 Å². The van der Waals surface area contributed by atoms with E-state index in [-0.39, 0.29) is 60.0 Å².